The predicted octanol–water partition coefficient (Wildman–Crippen LogP) is 3.05. The molecule has 14 heavy (non-hydrogen) atoms. The summed E-state index contributed by atoms with van der Waals surface area (Å²) in [6.45, 7) is 0. The number of carbonyl (C=O) groups is 1. The summed E-state index contributed by atoms with van der Waals surface area (Å²) in [5.41, 5.74) is 0.264. The van der Waals surface area contributed by atoms with Crippen LogP contribution in [0.15, 0.2) is 18.2 Å². The van der Waals surface area contributed by atoms with Crippen molar-refractivity contribution in [2.45, 2.75) is 6.43 Å². The number of hydrogen-bond donors (Lipinski definition) is 0. The van der Waals surface area contributed by atoms with Gasteiger partial charge in [-0.15, -0.1) is 11.3 Å². The normalized spacial score (nSPS) is 11.1. The fourth-order valence-corrected chi connectivity index (χ4v) is 2.02. The van der Waals surface area contributed by atoms with Crippen LogP contribution in [0, 0.1) is 0 Å². The number of alkyl halides is 2. The highest BCUT2D eigenvalue weighted by molar-refractivity contribution is 7.18. The largest absolute Gasteiger partial charge is 0.296 e. The lowest BCUT2D eigenvalue weighted by Crippen LogP contribution is -1.82. The average Bonchev–Trinajstić information content (AvgIpc) is 2.59. The third kappa shape index (κ3) is 1.50. The number of pyridine rings is 1. The highest BCUT2D eigenvalue weighted by Crippen LogP contribution is 2.31. The van der Waals surface area contributed by atoms with Gasteiger partial charge in [-0.3, -0.25) is 4.79 Å². The summed E-state index contributed by atoms with van der Waals surface area (Å²) in [5, 5.41) is 0.649. The predicted molar refractivity (Wildman–Crippen MR) is 50.0 cm³/mol. The van der Waals surface area contributed by atoms with Gasteiger partial charge in [0.15, 0.2) is 6.29 Å². The number of nitrogens with zero attached hydrogens (tertiary/aromatic N) is 1. The molecule has 2 aromatic rings. The molecular weight excluding hydrogens is 208 g/mol. The van der Waals surface area contributed by atoms with Crippen LogP contribution < -0.4 is 0 Å². The van der Waals surface area contributed by atoms with Gasteiger partial charge in [-0.25, -0.2) is 13.8 Å². The van der Waals surface area contributed by atoms with Gasteiger partial charge in [0.05, 0.1) is 4.88 Å². The molecule has 0 fully saturated rings. The van der Waals surface area contributed by atoms with E-state index in [1.807, 2.05) is 0 Å². The van der Waals surface area contributed by atoms with E-state index < -0.39 is 6.43 Å². The van der Waals surface area contributed by atoms with Gasteiger partial charge in [0.2, 0.25) is 0 Å². The van der Waals surface area contributed by atoms with Crippen molar-refractivity contribution >= 4 is 27.8 Å². The van der Waals surface area contributed by atoms with E-state index in [2.05, 4.69) is 4.98 Å². The van der Waals surface area contributed by atoms with Crippen LogP contribution in [0.1, 0.15) is 21.8 Å². The number of carbonyl (C=O) groups excluding carboxylic acids is 1. The Balaban J connectivity index is 2.59. The van der Waals surface area contributed by atoms with Crippen LogP contribution in [0.3, 0.4) is 0 Å². The molecule has 0 amide bonds. The minimum absolute atomic E-state index is 0.0180. The molecule has 2 heterocycles. The van der Waals surface area contributed by atoms with Crippen molar-refractivity contribution in [1.82, 2.24) is 4.98 Å². The Morgan fingerprint density at radius 3 is 2.86 bits per heavy atom. The van der Waals surface area contributed by atoms with Crippen molar-refractivity contribution in [1.29, 1.82) is 0 Å². The van der Waals surface area contributed by atoms with E-state index >= 15 is 0 Å². The lowest BCUT2D eigenvalue weighted by molar-refractivity contribution is 0.111. The molecule has 0 spiro atoms. The van der Waals surface area contributed by atoms with Gasteiger partial charge in [-0.1, -0.05) is 0 Å². The summed E-state index contributed by atoms with van der Waals surface area (Å²) in [4.78, 5) is 14.8. The highest BCUT2D eigenvalue weighted by Gasteiger charge is 2.11. The second-order valence-corrected chi connectivity index (χ2v) is 3.76. The molecule has 5 heteroatoms. The number of thiophene rings is 1. The zero-order chi connectivity index (χ0) is 10.1. The summed E-state index contributed by atoms with van der Waals surface area (Å²) in [6.07, 6.45) is -1.88. The van der Waals surface area contributed by atoms with Crippen molar-refractivity contribution in [3.05, 3.63) is 28.8 Å². The molecule has 2 aromatic heterocycles. The fraction of sp³-hybridized carbons (Fsp3) is 0.111. The van der Waals surface area contributed by atoms with E-state index in [0.29, 0.717) is 16.5 Å². The first-order valence-electron chi connectivity index (χ1n) is 3.84. The number of fused-ring (bicyclic) bond motifs is 1. The van der Waals surface area contributed by atoms with Crippen LogP contribution in [0.4, 0.5) is 8.78 Å². The summed E-state index contributed by atoms with van der Waals surface area (Å²) < 4.78 is 24.6. The van der Waals surface area contributed by atoms with Crippen LogP contribution in [-0.2, 0) is 0 Å². The number of aldehydes is 1. The molecule has 0 saturated heterocycles. The quantitative estimate of drug-likeness (QED) is 0.717. The van der Waals surface area contributed by atoms with E-state index in [0.717, 1.165) is 11.3 Å². The first-order valence-corrected chi connectivity index (χ1v) is 4.66. The maximum atomic E-state index is 12.3. The molecule has 0 N–H and O–H groups in total. The van der Waals surface area contributed by atoms with E-state index in [1.54, 1.807) is 6.07 Å². The molecule has 0 bridgehead atoms. The maximum absolute atomic E-state index is 12.3. The van der Waals surface area contributed by atoms with Gasteiger partial charge in [-0.05, 0) is 18.2 Å². The molecule has 0 radical (unpaired) electrons. The van der Waals surface area contributed by atoms with Crippen molar-refractivity contribution in [3.8, 4) is 0 Å². The third-order valence-corrected chi connectivity index (χ3v) is 2.81. The Hall–Kier alpha value is -1.36. The van der Waals surface area contributed by atoms with Gasteiger partial charge in [0.25, 0.3) is 6.43 Å². The van der Waals surface area contributed by atoms with Crippen LogP contribution in [0.5, 0.6) is 0 Å². The number of aromatic nitrogens is 1. The van der Waals surface area contributed by atoms with Gasteiger partial charge >= 0.3 is 0 Å². The molecule has 2 rings (SSSR count). The van der Waals surface area contributed by atoms with Gasteiger partial charge in [0.1, 0.15) is 10.5 Å². The van der Waals surface area contributed by atoms with Gasteiger partial charge < -0.3 is 0 Å². The summed E-state index contributed by atoms with van der Waals surface area (Å²) >= 11 is 0.915. The highest BCUT2D eigenvalue weighted by atomic mass is 32.1. The molecule has 0 aromatic carbocycles. The van der Waals surface area contributed by atoms with Gasteiger partial charge in [0, 0.05) is 5.39 Å². The molecule has 0 atom stereocenters. The number of hydrogen-bond acceptors (Lipinski definition) is 3. The Morgan fingerprint density at radius 1 is 1.43 bits per heavy atom. The number of rotatable bonds is 2. The molecule has 0 saturated carbocycles. The summed E-state index contributed by atoms with van der Waals surface area (Å²) in [5.74, 6) is 0. The molecule has 0 unspecified atom stereocenters. The van der Waals surface area contributed by atoms with E-state index in [4.69, 9.17) is 0 Å². The van der Waals surface area contributed by atoms with Crippen molar-refractivity contribution in [2.24, 2.45) is 0 Å². The van der Waals surface area contributed by atoms with E-state index in [9.17, 15) is 13.6 Å². The first-order chi connectivity index (χ1) is 6.70. The lowest BCUT2D eigenvalue weighted by atomic mass is 10.3. The second kappa shape index (κ2) is 3.42. The third-order valence-electron chi connectivity index (χ3n) is 1.76. The van der Waals surface area contributed by atoms with Crippen molar-refractivity contribution in [2.75, 3.05) is 0 Å². The Bertz CT molecular complexity index is 481. The minimum atomic E-state index is -2.48. The molecule has 2 nitrogen and oxygen atoms in total. The molecule has 0 aliphatic heterocycles. The first kappa shape index (κ1) is 9.21. The topological polar surface area (TPSA) is 30.0 Å². The zero-order valence-corrected chi connectivity index (χ0v) is 7.72. The van der Waals surface area contributed by atoms with Crippen molar-refractivity contribution in [3.63, 3.8) is 0 Å². The molecule has 0 aliphatic rings. The molecule has 0 aliphatic carbocycles. The molecular formula is C9H5F2NOS. The van der Waals surface area contributed by atoms with Crippen molar-refractivity contribution < 1.29 is 13.6 Å². The SMILES string of the molecule is O=Cc1ccc2cc(C(F)F)sc2n1. The Morgan fingerprint density at radius 2 is 2.21 bits per heavy atom. The average molecular weight is 213 g/mol. The number of halogens is 2. The van der Waals surface area contributed by atoms with E-state index in [1.165, 1.54) is 12.1 Å². The summed E-state index contributed by atoms with van der Waals surface area (Å²) in [7, 11) is 0. The van der Waals surface area contributed by atoms with Crippen LogP contribution >= 0.6 is 11.3 Å². The smallest absolute Gasteiger partial charge is 0.272 e. The zero-order valence-electron chi connectivity index (χ0n) is 6.91. The van der Waals surface area contributed by atoms with Crippen LogP contribution in [-0.4, -0.2) is 11.3 Å². The maximum Gasteiger partial charge on any atom is 0.272 e. The lowest BCUT2D eigenvalue weighted by Gasteiger charge is -1.88. The minimum Gasteiger partial charge on any atom is -0.296 e. The second-order valence-electron chi connectivity index (χ2n) is 2.70. The Labute approximate surface area is 82.2 Å². The van der Waals surface area contributed by atoms with Crippen LogP contribution in [0.2, 0.25) is 0 Å². The van der Waals surface area contributed by atoms with Gasteiger partial charge in [-0.2, -0.15) is 0 Å². The van der Waals surface area contributed by atoms with E-state index in [-0.39, 0.29) is 10.6 Å². The summed E-state index contributed by atoms with van der Waals surface area (Å²) in [6, 6.07) is 4.53. The fourth-order valence-electron chi connectivity index (χ4n) is 1.12. The Kier molecular flexibility index (Phi) is 2.25. The monoisotopic (exact) mass is 213 g/mol. The van der Waals surface area contributed by atoms with Crippen LogP contribution in [0.25, 0.3) is 10.2 Å². The standard InChI is InChI=1S/C9H5F2NOS/c10-8(11)7-3-5-1-2-6(4-13)12-9(5)14-7/h1-4,8H. The molecule has 72 valence electrons.